The van der Waals surface area contributed by atoms with Gasteiger partial charge in [-0.1, -0.05) is 0 Å². The molecule has 0 spiro atoms. The van der Waals surface area contributed by atoms with Crippen LogP contribution in [0.25, 0.3) is 0 Å². The van der Waals surface area contributed by atoms with Crippen LogP contribution in [0, 0.1) is 0 Å². The van der Waals surface area contributed by atoms with Crippen molar-refractivity contribution in [1.82, 2.24) is 9.80 Å². The lowest BCUT2D eigenvalue weighted by Gasteiger charge is -2.38. The zero-order chi connectivity index (χ0) is 10.8. The zero-order valence-corrected chi connectivity index (χ0v) is 9.19. The highest BCUT2D eigenvalue weighted by molar-refractivity contribution is 5.78. The average Bonchev–Trinajstić information content (AvgIpc) is 2.15. The monoisotopic (exact) mass is 213 g/mol. The predicted molar refractivity (Wildman–Crippen MR) is 56.4 cm³/mol. The largest absolute Gasteiger partial charge is 0.375 e. The van der Waals surface area contributed by atoms with Gasteiger partial charge in [-0.2, -0.15) is 0 Å². The van der Waals surface area contributed by atoms with Crippen molar-refractivity contribution in [2.24, 2.45) is 5.73 Å². The molecule has 2 heterocycles. The summed E-state index contributed by atoms with van der Waals surface area (Å²) in [5.74, 6) is 0.206. The van der Waals surface area contributed by atoms with E-state index < -0.39 is 0 Å². The third-order valence-corrected chi connectivity index (χ3v) is 2.94. The summed E-state index contributed by atoms with van der Waals surface area (Å²) in [5.41, 5.74) is 5.66. The predicted octanol–water partition coefficient (Wildman–Crippen LogP) is -1.12. The number of nitrogens with two attached hydrogens (primary N) is 1. The van der Waals surface area contributed by atoms with E-state index in [1.54, 1.807) is 0 Å². The van der Waals surface area contributed by atoms with Gasteiger partial charge < -0.3 is 15.4 Å². The topological polar surface area (TPSA) is 58.8 Å². The Morgan fingerprint density at radius 2 is 2.20 bits per heavy atom. The summed E-state index contributed by atoms with van der Waals surface area (Å²) in [5, 5.41) is 0. The maximum atomic E-state index is 11.8. The molecule has 0 aromatic carbocycles. The lowest BCUT2D eigenvalue weighted by Crippen LogP contribution is -2.59. The normalized spacial score (nSPS) is 28.9. The minimum absolute atomic E-state index is 0.168. The molecule has 5 nitrogen and oxygen atoms in total. The molecule has 1 amide bonds. The van der Waals surface area contributed by atoms with Crippen LogP contribution in [0.2, 0.25) is 0 Å². The molecule has 5 heteroatoms. The molecule has 0 radical (unpaired) electrons. The summed E-state index contributed by atoms with van der Waals surface area (Å²) in [6, 6.07) is 0.265. The number of amides is 1. The summed E-state index contributed by atoms with van der Waals surface area (Å²) in [6.45, 7) is 6.32. The number of hydrogen-bond donors (Lipinski definition) is 1. The Labute approximate surface area is 90.1 Å². The third kappa shape index (κ3) is 2.68. The molecule has 0 saturated carbocycles. The van der Waals surface area contributed by atoms with E-state index in [0.717, 1.165) is 26.2 Å². The van der Waals surface area contributed by atoms with E-state index in [-0.39, 0.29) is 18.1 Å². The second kappa shape index (κ2) is 4.47. The van der Waals surface area contributed by atoms with Crippen molar-refractivity contribution in [3.63, 3.8) is 0 Å². The third-order valence-electron chi connectivity index (χ3n) is 2.94. The molecule has 2 saturated heterocycles. The van der Waals surface area contributed by atoms with Crippen LogP contribution >= 0.6 is 0 Å². The maximum Gasteiger partial charge on any atom is 0.236 e. The molecule has 15 heavy (non-hydrogen) atoms. The molecule has 0 bridgehead atoms. The first kappa shape index (κ1) is 10.9. The van der Waals surface area contributed by atoms with Crippen molar-refractivity contribution in [3.05, 3.63) is 0 Å². The minimum atomic E-state index is 0.168. The van der Waals surface area contributed by atoms with Crippen molar-refractivity contribution in [2.75, 3.05) is 39.3 Å². The fraction of sp³-hybridized carbons (Fsp3) is 0.900. The molecule has 2 aliphatic rings. The Kier molecular flexibility index (Phi) is 3.23. The van der Waals surface area contributed by atoms with Crippen LogP contribution < -0.4 is 5.73 Å². The van der Waals surface area contributed by atoms with Gasteiger partial charge in [-0.15, -0.1) is 0 Å². The standard InChI is InChI=1S/C10H19N3O2/c1-8-4-13(2-3-15-8)10(14)7-12-5-9(11)6-12/h8-9H,2-7,11H2,1H3. The van der Waals surface area contributed by atoms with E-state index in [9.17, 15) is 4.79 Å². The zero-order valence-electron chi connectivity index (χ0n) is 9.19. The Morgan fingerprint density at radius 3 is 2.80 bits per heavy atom. The van der Waals surface area contributed by atoms with E-state index in [2.05, 4.69) is 4.90 Å². The number of nitrogens with zero attached hydrogens (tertiary/aromatic N) is 2. The second-order valence-electron chi connectivity index (χ2n) is 4.48. The van der Waals surface area contributed by atoms with Crippen molar-refractivity contribution < 1.29 is 9.53 Å². The molecule has 0 aliphatic carbocycles. The molecule has 0 aromatic heterocycles. The number of likely N-dealkylation sites (tertiary alicyclic amines) is 1. The summed E-state index contributed by atoms with van der Waals surface area (Å²) >= 11 is 0. The molecule has 86 valence electrons. The van der Waals surface area contributed by atoms with E-state index in [4.69, 9.17) is 10.5 Å². The molecule has 0 aromatic rings. The molecule has 2 fully saturated rings. The SMILES string of the molecule is CC1CN(C(=O)CN2CC(N)C2)CCO1. The molecule has 1 unspecified atom stereocenters. The quantitative estimate of drug-likeness (QED) is 0.631. The number of carbonyl (C=O) groups excluding carboxylic acids is 1. The molecular weight excluding hydrogens is 194 g/mol. The Morgan fingerprint density at radius 1 is 1.47 bits per heavy atom. The molecular formula is C10H19N3O2. The summed E-state index contributed by atoms with van der Waals surface area (Å²) in [7, 11) is 0. The summed E-state index contributed by atoms with van der Waals surface area (Å²) < 4.78 is 5.39. The number of hydrogen-bond acceptors (Lipinski definition) is 4. The van der Waals surface area contributed by atoms with Crippen LogP contribution in [-0.2, 0) is 9.53 Å². The molecule has 2 N–H and O–H groups in total. The van der Waals surface area contributed by atoms with E-state index in [1.807, 2.05) is 11.8 Å². The first-order valence-corrected chi connectivity index (χ1v) is 5.52. The van der Waals surface area contributed by atoms with Crippen LogP contribution in [0.3, 0.4) is 0 Å². The Bertz CT molecular complexity index is 241. The van der Waals surface area contributed by atoms with E-state index in [0.29, 0.717) is 13.2 Å². The van der Waals surface area contributed by atoms with Gasteiger partial charge in [-0.05, 0) is 6.92 Å². The smallest absolute Gasteiger partial charge is 0.236 e. The summed E-state index contributed by atoms with van der Waals surface area (Å²) in [6.07, 6.45) is 0.168. The lowest BCUT2D eigenvalue weighted by atomic mass is 10.1. The van der Waals surface area contributed by atoms with Crippen molar-refractivity contribution >= 4 is 5.91 Å². The van der Waals surface area contributed by atoms with Crippen LogP contribution in [0.4, 0.5) is 0 Å². The van der Waals surface area contributed by atoms with E-state index >= 15 is 0 Å². The van der Waals surface area contributed by atoms with Gasteiger partial charge in [-0.25, -0.2) is 0 Å². The first-order chi connectivity index (χ1) is 7.15. The van der Waals surface area contributed by atoms with Crippen LogP contribution in [-0.4, -0.2) is 67.2 Å². The van der Waals surface area contributed by atoms with Gasteiger partial charge in [0.05, 0.1) is 19.3 Å². The van der Waals surface area contributed by atoms with Gasteiger partial charge in [0.1, 0.15) is 0 Å². The van der Waals surface area contributed by atoms with E-state index in [1.165, 1.54) is 0 Å². The van der Waals surface area contributed by atoms with Crippen LogP contribution in [0.5, 0.6) is 0 Å². The summed E-state index contributed by atoms with van der Waals surface area (Å²) in [4.78, 5) is 15.8. The molecule has 2 rings (SSSR count). The van der Waals surface area contributed by atoms with Gasteiger partial charge in [0.25, 0.3) is 0 Å². The highest BCUT2D eigenvalue weighted by Gasteiger charge is 2.28. The molecule has 2 aliphatic heterocycles. The minimum Gasteiger partial charge on any atom is -0.375 e. The Balaban J connectivity index is 1.75. The number of ether oxygens (including phenoxy) is 1. The van der Waals surface area contributed by atoms with Crippen LogP contribution in [0.15, 0.2) is 0 Å². The van der Waals surface area contributed by atoms with Gasteiger partial charge in [0, 0.05) is 32.2 Å². The Hall–Kier alpha value is -0.650. The number of carbonyl (C=O) groups is 1. The fourth-order valence-electron chi connectivity index (χ4n) is 2.08. The highest BCUT2D eigenvalue weighted by Crippen LogP contribution is 2.08. The number of rotatable bonds is 2. The lowest BCUT2D eigenvalue weighted by molar-refractivity contribution is -0.140. The van der Waals surface area contributed by atoms with Gasteiger partial charge >= 0.3 is 0 Å². The average molecular weight is 213 g/mol. The van der Waals surface area contributed by atoms with Crippen molar-refractivity contribution in [2.45, 2.75) is 19.1 Å². The van der Waals surface area contributed by atoms with Gasteiger partial charge in [0.2, 0.25) is 5.91 Å². The fourth-order valence-corrected chi connectivity index (χ4v) is 2.08. The maximum absolute atomic E-state index is 11.8. The van der Waals surface area contributed by atoms with Crippen molar-refractivity contribution in [3.8, 4) is 0 Å². The van der Waals surface area contributed by atoms with Crippen LogP contribution in [0.1, 0.15) is 6.92 Å². The second-order valence-corrected chi connectivity index (χ2v) is 4.48. The van der Waals surface area contributed by atoms with Crippen molar-refractivity contribution in [1.29, 1.82) is 0 Å². The highest BCUT2D eigenvalue weighted by atomic mass is 16.5. The van der Waals surface area contributed by atoms with Gasteiger partial charge in [0.15, 0.2) is 0 Å². The molecule has 1 atom stereocenters. The van der Waals surface area contributed by atoms with Gasteiger partial charge in [-0.3, -0.25) is 9.69 Å². The number of morpholine rings is 1. The first-order valence-electron chi connectivity index (χ1n) is 5.52.